The Morgan fingerprint density at radius 3 is 1.57 bits per heavy atom. The van der Waals surface area contributed by atoms with Crippen LogP contribution in [0.1, 0.15) is 0 Å². The summed E-state index contributed by atoms with van der Waals surface area (Å²) >= 11 is 0. The first-order valence-corrected chi connectivity index (χ1v) is 12.6. The highest BCUT2D eigenvalue weighted by molar-refractivity contribution is 5.99. The van der Waals surface area contributed by atoms with Crippen LogP contribution in [0.2, 0.25) is 0 Å². The number of benzene rings is 6. The van der Waals surface area contributed by atoms with Crippen molar-refractivity contribution in [2.24, 2.45) is 0 Å². The zero-order valence-electron chi connectivity index (χ0n) is 20.8. The Morgan fingerprint density at radius 1 is 0.378 bits per heavy atom. The summed E-state index contributed by atoms with van der Waals surface area (Å²) in [5.74, 6) is 0. The van der Waals surface area contributed by atoms with Gasteiger partial charge in [-0.05, 0) is 71.1 Å². The van der Waals surface area contributed by atoms with Crippen molar-refractivity contribution in [3.05, 3.63) is 152 Å². The third-order valence-electron chi connectivity index (χ3n) is 6.88. The van der Waals surface area contributed by atoms with E-state index in [2.05, 4.69) is 162 Å². The molecule has 6 aromatic rings. The molecule has 6 rings (SSSR count). The molecule has 0 amide bonds. The molecule has 178 valence electrons. The van der Waals surface area contributed by atoms with Crippen LogP contribution in [0.3, 0.4) is 0 Å². The maximum atomic E-state index is 2.35. The van der Waals surface area contributed by atoms with Gasteiger partial charge in [-0.1, -0.05) is 97.1 Å². The quantitative estimate of drug-likeness (QED) is 0.236. The van der Waals surface area contributed by atoms with E-state index in [0.29, 0.717) is 0 Å². The maximum Gasteiger partial charge on any atom is 0.0540 e. The number of fused-ring (bicyclic) bond motifs is 1. The average molecular weight is 477 g/mol. The highest BCUT2D eigenvalue weighted by Gasteiger charge is 2.16. The third-order valence-corrected chi connectivity index (χ3v) is 6.88. The van der Waals surface area contributed by atoms with Crippen LogP contribution < -0.4 is 9.80 Å². The van der Waals surface area contributed by atoms with E-state index < -0.39 is 0 Å². The molecule has 0 fully saturated rings. The van der Waals surface area contributed by atoms with Crippen LogP contribution in [-0.4, -0.2) is 7.05 Å². The SMILES string of the molecule is CN(c1ccccc1)c1ccc(N(c2ccc(-c3ccccc3)cc2)c2cccc3ccccc23)cc1. The van der Waals surface area contributed by atoms with Crippen LogP contribution in [0, 0.1) is 0 Å². The van der Waals surface area contributed by atoms with Gasteiger partial charge in [0.15, 0.2) is 0 Å². The molecule has 0 radical (unpaired) electrons. The minimum atomic E-state index is 1.12. The second-order valence-corrected chi connectivity index (χ2v) is 9.16. The van der Waals surface area contributed by atoms with Crippen molar-refractivity contribution < 1.29 is 0 Å². The standard InChI is InChI=1S/C35H28N2/c1-36(30-15-6-3-7-16-30)31-23-25-33(26-24-31)37(35-18-10-14-29-13-8-9-17-34(29)35)32-21-19-28(20-22-32)27-11-4-2-5-12-27/h2-26H,1H3. The third kappa shape index (κ3) is 4.57. The monoisotopic (exact) mass is 476 g/mol. The van der Waals surface area contributed by atoms with Gasteiger partial charge in [-0.3, -0.25) is 0 Å². The van der Waals surface area contributed by atoms with E-state index >= 15 is 0 Å². The van der Waals surface area contributed by atoms with Gasteiger partial charge in [-0.15, -0.1) is 0 Å². The normalized spacial score (nSPS) is 10.8. The number of hydrogen-bond donors (Lipinski definition) is 0. The molecular weight excluding hydrogens is 448 g/mol. The summed E-state index contributed by atoms with van der Waals surface area (Å²) in [5.41, 5.74) is 8.15. The highest BCUT2D eigenvalue weighted by Crippen LogP contribution is 2.40. The summed E-state index contributed by atoms with van der Waals surface area (Å²) in [6.45, 7) is 0. The largest absolute Gasteiger partial charge is 0.345 e. The Balaban J connectivity index is 1.43. The summed E-state index contributed by atoms with van der Waals surface area (Å²) in [7, 11) is 2.11. The molecule has 6 aromatic carbocycles. The molecule has 2 nitrogen and oxygen atoms in total. The molecule has 0 aromatic heterocycles. The Bertz CT molecular complexity index is 1600. The molecule has 0 aliphatic rings. The first-order chi connectivity index (χ1) is 18.3. The molecule has 37 heavy (non-hydrogen) atoms. The van der Waals surface area contributed by atoms with Crippen LogP contribution in [0.5, 0.6) is 0 Å². The van der Waals surface area contributed by atoms with Gasteiger partial charge in [0.2, 0.25) is 0 Å². The predicted octanol–water partition coefficient (Wildman–Crippen LogP) is 9.74. The Kier molecular flexibility index (Phi) is 6.14. The smallest absolute Gasteiger partial charge is 0.0540 e. The van der Waals surface area contributed by atoms with Gasteiger partial charge in [0.05, 0.1) is 5.69 Å². The van der Waals surface area contributed by atoms with E-state index in [1.807, 2.05) is 6.07 Å². The fraction of sp³-hybridized carbons (Fsp3) is 0.0286. The zero-order chi connectivity index (χ0) is 25.0. The van der Waals surface area contributed by atoms with Gasteiger partial charge in [0.25, 0.3) is 0 Å². The minimum Gasteiger partial charge on any atom is -0.345 e. The molecule has 0 atom stereocenters. The number of hydrogen-bond acceptors (Lipinski definition) is 2. The lowest BCUT2D eigenvalue weighted by atomic mass is 10.0. The highest BCUT2D eigenvalue weighted by atomic mass is 15.1. The van der Waals surface area contributed by atoms with Gasteiger partial charge in [0, 0.05) is 35.2 Å². The van der Waals surface area contributed by atoms with Crippen molar-refractivity contribution in [3.63, 3.8) is 0 Å². The van der Waals surface area contributed by atoms with Crippen molar-refractivity contribution in [1.29, 1.82) is 0 Å². The summed E-state index contributed by atoms with van der Waals surface area (Å²) < 4.78 is 0. The lowest BCUT2D eigenvalue weighted by Gasteiger charge is -2.28. The summed E-state index contributed by atoms with van der Waals surface area (Å²) in [4.78, 5) is 4.56. The fourth-order valence-corrected chi connectivity index (χ4v) is 4.89. The molecule has 0 spiro atoms. The van der Waals surface area contributed by atoms with Crippen molar-refractivity contribution in [1.82, 2.24) is 0 Å². The average Bonchev–Trinajstić information content (AvgIpc) is 2.99. The van der Waals surface area contributed by atoms with Crippen molar-refractivity contribution in [2.75, 3.05) is 16.8 Å². The lowest BCUT2D eigenvalue weighted by Crippen LogP contribution is -2.12. The van der Waals surface area contributed by atoms with Gasteiger partial charge in [-0.25, -0.2) is 0 Å². The van der Waals surface area contributed by atoms with Crippen LogP contribution >= 0.6 is 0 Å². The van der Waals surface area contributed by atoms with E-state index in [0.717, 1.165) is 28.4 Å². The lowest BCUT2D eigenvalue weighted by molar-refractivity contribution is 1.20. The van der Waals surface area contributed by atoms with Crippen molar-refractivity contribution in [2.45, 2.75) is 0 Å². The number of nitrogens with zero attached hydrogens (tertiary/aromatic N) is 2. The summed E-state index contributed by atoms with van der Waals surface area (Å²) in [6.07, 6.45) is 0. The molecule has 0 unspecified atom stereocenters. The zero-order valence-corrected chi connectivity index (χ0v) is 20.8. The van der Waals surface area contributed by atoms with E-state index in [1.54, 1.807) is 0 Å². The van der Waals surface area contributed by atoms with Gasteiger partial charge < -0.3 is 9.80 Å². The van der Waals surface area contributed by atoms with Crippen LogP contribution in [0.4, 0.5) is 28.4 Å². The van der Waals surface area contributed by atoms with Crippen LogP contribution in [-0.2, 0) is 0 Å². The number of para-hydroxylation sites is 1. The van der Waals surface area contributed by atoms with E-state index in [4.69, 9.17) is 0 Å². The van der Waals surface area contributed by atoms with E-state index in [-0.39, 0.29) is 0 Å². The Hall–Kier alpha value is -4.82. The van der Waals surface area contributed by atoms with Crippen LogP contribution in [0.25, 0.3) is 21.9 Å². The second kappa shape index (κ2) is 10.0. The molecule has 0 saturated carbocycles. The summed E-state index contributed by atoms with van der Waals surface area (Å²) in [5, 5.41) is 2.45. The molecule has 0 aliphatic carbocycles. The molecule has 0 bridgehead atoms. The molecular formula is C35H28N2. The van der Waals surface area contributed by atoms with Crippen LogP contribution in [0.15, 0.2) is 152 Å². The van der Waals surface area contributed by atoms with Gasteiger partial charge in [0.1, 0.15) is 0 Å². The molecule has 0 heterocycles. The molecule has 2 heteroatoms. The van der Waals surface area contributed by atoms with E-state index in [1.165, 1.54) is 21.9 Å². The molecule has 0 aliphatic heterocycles. The molecule has 0 N–H and O–H groups in total. The minimum absolute atomic E-state index is 1.12. The predicted molar refractivity (Wildman–Crippen MR) is 159 cm³/mol. The number of rotatable bonds is 6. The van der Waals surface area contributed by atoms with E-state index in [9.17, 15) is 0 Å². The topological polar surface area (TPSA) is 6.48 Å². The van der Waals surface area contributed by atoms with Crippen molar-refractivity contribution >= 4 is 39.2 Å². The number of anilines is 5. The first-order valence-electron chi connectivity index (χ1n) is 12.6. The molecule has 0 saturated heterocycles. The first kappa shape index (κ1) is 22.6. The van der Waals surface area contributed by atoms with Crippen molar-refractivity contribution in [3.8, 4) is 11.1 Å². The van der Waals surface area contributed by atoms with Gasteiger partial charge in [-0.2, -0.15) is 0 Å². The summed E-state index contributed by atoms with van der Waals surface area (Å²) in [6, 6.07) is 53.7. The van der Waals surface area contributed by atoms with Gasteiger partial charge >= 0.3 is 0 Å². The maximum absolute atomic E-state index is 2.35. The Labute approximate surface area is 218 Å². The second-order valence-electron chi connectivity index (χ2n) is 9.16. The fourth-order valence-electron chi connectivity index (χ4n) is 4.89. The Morgan fingerprint density at radius 2 is 0.865 bits per heavy atom.